The van der Waals surface area contributed by atoms with Gasteiger partial charge in [0.25, 0.3) is 0 Å². The van der Waals surface area contributed by atoms with Gasteiger partial charge in [-0.3, -0.25) is 0 Å². The molecule has 0 unspecified atom stereocenters. The van der Waals surface area contributed by atoms with Crippen LogP contribution in [0.4, 0.5) is 0 Å². The van der Waals surface area contributed by atoms with Crippen LogP contribution in [-0.4, -0.2) is 19.9 Å². The van der Waals surface area contributed by atoms with Gasteiger partial charge in [0.15, 0.2) is 11.6 Å². The van der Waals surface area contributed by atoms with Crippen LogP contribution in [0.5, 0.6) is 0 Å². The fourth-order valence-corrected chi connectivity index (χ4v) is 3.43. The second-order valence-corrected chi connectivity index (χ2v) is 6.47. The molecule has 0 spiro atoms. The van der Waals surface area contributed by atoms with Gasteiger partial charge in [0.1, 0.15) is 0 Å². The van der Waals surface area contributed by atoms with E-state index in [2.05, 4.69) is 62.4 Å². The maximum atomic E-state index is 4.45. The van der Waals surface area contributed by atoms with Crippen LogP contribution >= 0.6 is 0 Å². The summed E-state index contributed by atoms with van der Waals surface area (Å²) >= 11 is 0. The maximum Gasteiger partial charge on any atom is 0.197 e. The van der Waals surface area contributed by atoms with E-state index in [0.29, 0.717) is 23.5 Å². The average molecular weight is 324 g/mol. The summed E-state index contributed by atoms with van der Waals surface area (Å²) in [5.74, 6) is 2.21. The predicted molar refractivity (Wildman–Crippen MR) is 97.1 cm³/mol. The molecule has 0 radical (unpaired) electrons. The first kappa shape index (κ1) is 14.2. The highest BCUT2D eigenvalue weighted by atomic mass is 15.0. The fourth-order valence-electron chi connectivity index (χ4n) is 3.43. The van der Waals surface area contributed by atoms with Crippen molar-refractivity contribution in [2.45, 2.75) is 18.3 Å². The zero-order valence-electron chi connectivity index (χ0n) is 13.6. The van der Waals surface area contributed by atoms with Gasteiger partial charge in [-0.2, -0.15) is 0 Å². The molecule has 2 aromatic carbocycles. The van der Waals surface area contributed by atoms with Crippen molar-refractivity contribution in [3.63, 3.8) is 0 Å². The Labute approximate surface area is 145 Å². The molecular weight excluding hydrogens is 308 g/mol. The standard InChI is InChI=1S/C21H16N4/c1-2-5-15-10-16(7-6-14(15)4-1)18-11-19(18)17-12-24-21(25-13-17)20-22-8-3-9-23-20/h1-10,12-13,18-19H,11H2/t18-,19-/m0/s1. The molecule has 0 aliphatic heterocycles. The molecule has 4 nitrogen and oxygen atoms in total. The van der Waals surface area contributed by atoms with E-state index in [-0.39, 0.29) is 0 Å². The SMILES string of the molecule is c1cnc(-c2ncc([C@@H]3C[C@H]3c3ccc4ccccc4c3)cn2)nc1. The minimum absolute atomic E-state index is 0.506. The molecule has 25 heavy (non-hydrogen) atoms. The van der Waals surface area contributed by atoms with Crippen LogP contribution in [-0.2, 0) is 0 Å². The summed E-state index contributed by atoms with van der Waals surface area (Å²) in [4.78, 5) is 17.3. The molecule has 0 N–H and O–H groups in total. The summed E-state index contributed by atoms with van der Waals surface area (Å²) in [5, 5.41) is 2.59. The van der Waals surface area contributed by atoms with Crippen molar-refractivity contribution in [1.29, 1.82) is 0 Å². The first-order valence-electron chi connectivity index (χ1n) is 8.46. The smallest absolute Gasteiger partial charge is 0.197 e. The van der Waals surface area contributed by atoms with Crippen LogP contribution in [0.2, 0.25) is 0 Å². The van der Waals surface area contributed by atoms with Crippen LogP contribution in [0.1, 0.15) is 29.4 Å². The number of rotatable bonds is 3. The molecule has 1 saturated carbocycles. The minimum atomic E-state index is 0.506. The summed E-state index contributed by atoms with van der Waals surface area (Å²) in [7, 11) is 0. The molecule has 0 bridgehead atoms. The van der Waals surface area contributed by atoms with Gasteiger partial charge < -0.3 is 0 Å². The Morgan fingerprint density at radius 1 is 0.640 bits per heavy atom. The Morgan fingerprint density at radius 2 is 1.32 bits per heavy atom. The van der Waals surface area contributed by atoms with Gasteiger partial charge in [0, 0.05) is 24.8 Å². The number of fused-ring (bicyclic) bond motifs is 1. The second-order valence-electron chi connectivity index (χ2n) is 6.47. The third kappa shape index (κ3) is 2.66. The molecule has 0 amide bonds. The molecule has 5 rings (SSSR count). The van der Waals surface area contributed by atoms with Crippen molar-refractivity contribution in [1.82, 2.24) is 19.9 Å². The van der Waals surface area contributed by atoms with Gasteiger partial charge >= 0.3 is 0 Å². The highest BCUT2D eigenvalue weighted by Crippen LogP contribution is 2.54. The lowest BCUT2D eigenvalue weighted by Crippen LogP contribution is -1.95. The largest absolute Gasteiger partial charge is 0.234 e. The van der Waals surface area contributed by atoms with E-state index in [0.717, 1.165) is 6.42 Å². The number of benzene rings is 2. The number of hydrogen-bond donors (Lipinski definition) is 0. The Balaban J connectivity index is 1.38. The zero-order chi connectivity index (χ0) is 16.6. The summed E-state index contributed by atoms with van der Waals surface area (Å²) in [6.07, 6.45) is 8.41. The van der Waals surface area contributed by atoms with Gasteiger partial charge in [-0.05, 0) is 46.2 Å². The van der Waals surface area contributed by atoms with Crippen LogP contribution < -0.4 is 0 Å². The highest BCUT2D eigenvalue weighted by molar-refractivity contribution is 5.83. The third-order valence-electron chi connectivity index (χ3n) is 4.86. The molecule has 4 aromatic rings. The first-order valence-corrected chi connectivity index (χ1v) is 8.46. The monoisotopic (exact) mass is 324 g/mol. The molecule has 2 aromatic heterocycles. The van der Waals surface area contributed by atoms with Crippen molar-refractivity contribution in [3.05, 3.63) is 84.4 Å². The molecule has 2 atom stereocenters. The third-order valence-corrected chi connectivity index (χ3v) is 4.86. The summed E-state index contributed by atoms with van der Waals surface area (Å²) in [6, 6.07) is 17.1. The van der Waals surface area contributed by atoms with E-state index in [1.165, 1.54) is 21.9 Å². The Bertz CT molecular complexity index is 1030. The Hall–Kier alpha value is -3.14. The van der Waals surface area contributed by atoms with Crippen LogP contribution in [0.3, 0.4) is 0 Å². The molecule has 120 valence electrons. The van der Waals surface area contributed by atoms with Gasteiger partial charge in [-0.15, -0.1) is 0 Å². The normalized spacial score (nSPS) is 19.0. The van der Waals surface area contributed by atoms with Crippen molar-refractivity contribution >= 4 is 10.8 Å². The maximum absolute atomic E-state index is 4.45. The Morgan fingerprint density at radius 3 is 2.12 bits per heavy atom. The quantitative estimate of drug-likeness (QED) is 0.562. The second kappa shape index (κ2) is 5.74. The van der Waals surface area contributed by atoms with E-state index < -0.39 is 0 Å². The van der Waals surface area contributed by atoms with Crippen molar-refractivity contribution in [2.75, 3.05) is 0 Å². The van der Waals surface area contributed by atoms with E-state index >= 15 is 0 Å². The first-order chi connectivity index (χ1) is 12.4. The summed E-state index contributed by atoms with van der Waals surface area (Å²) in [5.41, 5.74) is 2.59. The summed E-state index contributed by atoms with van der Waals surface area (Å²) in [6.45, 7) is 0. The van der Waals surface area contributed by atoms with Crippen LogP contribution in [0.25, 0.3) is 22.4 Å². The summed E-state index contributed by atoms with van der Waals surface area (Å²) < 4.78 is 0. The van der Waals surface area contributed by atoms with E-state index in [1.807, 2.05) is 12.4 Å². The average Bonchev–Trinajstić information content (AvgIpc) is 3.49. The van der Waals surface area contributed by atoms with Crippen molar-refractivity contribution in [3.8, 4) is 11.6 Å². The van der Waals surface area contributed by atoms with Gasteiger partial charge in [0.05, 0.1) is 0 Å². The van der Waals surface area contributed by atoms with Crippen LogP contribution in [0, 0.1) is 0 Å². The lowest BCUT2D eigenvalue weighted by atomic mass is 10.0. The Kier molecular flexibility index (Phi) is 3.27. The molecule has 0 saturated heterocycles. The number of hydrogen-bond acceptors (Lipinski definition) is 4. The predicted octanol–water partition coefficient (Wildman–Crippen LogP) is 4.36. The lowest BCUT2D eigenvalue weighted by molar-refractivity contribution is 0.978. The van der Waals surface area contributed by atoms with Gasteiger partial charge in [0.2, 0.25) is 0 Å². The van der Waals surface area contributed by atoms with Gasteiger partial charge in [-0.25, -0.2) is 19.9 Å². The minimum Gasteiger partial charge on any atom is -0.234 e. The molecule has 1 aliphatic carbocycles. The van der Waals surface area contributed by atoms with Crippen molar-refractivity contribution in [2.24, 2.45) is 0 Å². The molecule has 1 fully saturated rings. The topological polar surface area (TPSA) is 51.6 Å². The zero-order valence-corrected chi connectivity index (χ0v) is 13.6. The molecule has 2 heterocycles. The van der Waals surface area contributed by atoms with Crippen molar-refractivity contribution < 1.29 is 0 Å². The van der Waals surface area contributed by atoms with Crippen LogP contribution in [0.15, 0.2) is 73.3 Å². The van der Waals surface area contributed by atoms with E-state index in [4.69, 9.17) is 0 Å². The lowest BCUT2D eigenvalue weighted by Gasteiger charge is -2.04. The number of aromatic nitrogens is 4. The fraction of sp³-hybridized carbons (Fsp3) is 0.143. The van der Waals surface area contributed by atoms with Gasteiger partial charge in [-0.1, -0.05) is 42.5 Å². The number of nitrogens with zero attached hydrogens (tertiary/aromatic N) is 4. The molecule has 1 aliphatic rings. The molecule has 4 heteroatoms. The highest BCUT2D eigenvalue weighted by Gasteiger charge is 2.40. The van der Waals surface area contributed by atoms with E-state index in [1.54, 1.807) is 18.5 Å². The van der Waals surface area contributed by atoms with E-state index in [9.17, 15) is 0 Å². The molecular formula is C21H16N4.